The van der Waals surface area contributed by atoms with Gasteiger partial charge in [-0.15, -0.1) is 0 Å². The SMILES string of the molecule is Cc1nc2cc(C(=O)N(C)C(C(N)=O)c3cccc(F)c3)ccc2n1-c1ccccc1. The number of rotatable bonds is 5. The van der Waals surface area contributed by atoms with Gasteiger partial charge >= 0.3 is 0 Å². The minimum Gasteiger partial charge on any atom is -0.368 e. The van der Waals surface area contributed by atoms with Crippen LogP contribution in [0.4, 0.5) is 4.39 Å². The predicted molar refractivity (Wildman–Crippen MR) is 116 cm³/mol. The Morgan fingerprint density at radius 2 is 1.77 bits per heavy atom. The molecule has 1 unspecified atom stereocenters. The van der Waals surface area contributed by atoms with Gasteiger partial charge in [0, 0.05) is 18.3 Å². The monoisotopic (exact) mass is 416 g/mol. The molecule has 0 bridgehead atoms. The molecule has 0 spiro atoms. The smallest absolute Gasteiger partial charge is 0.254 e. The number of hydrogen-bond donors (Lipinski definition) is 1. The Labute approximate surface area is 178 Å². The molecular formula is C24H21FN4O2. The van der Waals surface area contributed by atoms with Crippen LogP contribution >= 0.6 is 0 Å². The summed E-state index contributed by atoms with van der Waals surface area (Å²) in [6.07, 6.45) is 0. The summed E-state index contributed by atoms with van der Waals surface area (Å²) in [4.78, 5) is 31.1. The van der Waals surface area contributed by atoms with Gasteiger partial charge in [-0.1, -0.05) is 30.3 Å². The number of fused-ring (bicyclic) bond motifs is 1. The van der Waals surface area contributed by atoms with Crippen molar-refractivity contribution >= 4 is 22.8 Å². The highest BCUT2D eigenvalue weighted by Gasteiger charge is 2.28. The lowest BCUT2D eigenvalue weighted by molar-refractivity contribution is -0.122. The molecule has 0 aliphatic heterocycles. The summed E-state index contributed by atoms with van der Waals surface area (Å²) in [7, 11) is 1.47. The van der Waals surface area contributed by atoms with E-state index in [1.807, 2.05) is 47.9 Å². The van der Waals surface area contributed by atoms with Gasteiger partial charge in [0.2, 0.25) is 5.91 Å². The van der Waals surface area contributed by atoms with Crippen molar-refractivity contribution in [2.45, 2.75) is 13.0 Å². The average molecular weight is 416 g/mol. The Morgan fingerprint density at radius 3 is 2.45 bits per heavy atom. The molecule has 7 heteroatoms. The molecular weight excluding hydrogens is 395 g/mol. The molecule has 1 heterocycles. The van der Waals surface area contributed by atoms with E-state index in [0.29, 0.717) is 16.6 Å². The fraction of sp³-hybridized carbons (Fsp3) is 0.125. The van der Waals surface area contributed by atoms with Crippen molar-refractivity contribution in [1.82, 2.24) is 14.5 Å². The number of carbonyl (C=O) groups excluding carboxylic acids is 2. The van der Waals surface area contributed by atoms with Gasteiger partial charge < -0.3 is 10.6 Å². The van der Waals surface area contributed by atoms with Crippen LogP contribution in [0.3, 0.4) is 0 Å². The molecule has 31 heavy (non-hydrogen) atoms. The first kappa shape index (κ1) is 20.3. The molecule has 0 saturated carbocycles. The maximum absolute atomic E-state index is 13.7. The molecule has 1 atom stereocenters. The summed E-state index contributed by atoms with van der Waals surface area (Å²) in [5.74, 6) is -0.879. The standard InChI is InChI=1S/C24H21FN4O2/c1-15-27-20-14-17(11-12-21(20)29(15)19-9-4-3-5-10-19)24(31)28(2)22(23(26)30)16-7-6-8-18(25)13-16/h3-14,22H,1-2H3,(H2,26,30). The largest absolute Gasteiger partial charge is 0.368 e. The van der Waals surface area contributed by atoms with Gasteiger partial charge in [0.15, 0.2) is 0 Å². The zero-order chi connectivity index (χ0) is 22.1. The predicted octanol–water partition coefficient (Wildman–Crippen LogP) is 3.77. The number of primary amides is 1. The Balaban J connectivity index is 1.71. The van der Waals surface area contributed by atoms with E-state index in [1.54, 1.807) is 18.2 Å². The highest BCUT2D eigenvalue weighted by molar-refractivity contribution is 6.00. The van der Waals surface area contributed by atoms with E-state index < -0.39 is 23.7 Å². The molecule has 3 aromatic carbocycles. The maximum atomic E-state index is 13.7. The van der Waals surface area contributed by atoms with Gasteiger partial charge in [-0.25, -0.2) is 9.37 Å². The molecule has 4 aromatic rings. The molecule has 4 rings (SSSR count). The summed E-state index contributed by atoms with van der Waals surface area (Å²) in [5.41, 5.74) is 8.70. The molecule has 0 aliphatic carbocycles. The summed E-state index contributed by atoms with van der Waals surface area (Å²) in [6, 6.07) is 19.4. The molecule has 1 aromatic heterocycles. The fourth-order valence-corrected chi connectivity index (χ4v) is 3.81. The third-order valence-corrected chi connectivity index (χ3v) is 5.23. The van der Waals surface area contributed by atoms with Crippen molar-refractivity contribution in [2.24, 2.45) is 5.73 Å². The number of aryl methyl sites for hydroxylation is 1. The highest BCUT2D eigenvalue weighted by atomic mass is 19.1. The van der Waals surface area contributed by atoms with Crippen LogP contribution in [0.1, 0.15) is 27.8 Å². The lowest BCUT2D eigenvalue weighted by Crippen LogP contribution is -2.39. The van der Waals surface area contributed by atoms with Crippen LogP contribution in [0.25, 0.3) is 16.7 Å². The first-order chi connectivity index (χ1) is 14.9. The lowest BCUT2D eigenvalue weighted by atomic mass is 10.0. The summed E-state index contributed by atoms with van der Waals surface area (Å²) in [6.45, 7) is 1.90. The zero-order valence-electron chi connectivity index (χ0n) is 17.1. The van der Waals surface area contributed by atoms with Crippen LogP contribution in [0.5, 0.6) is 0 Å². The molecule has 0 fully saturated rings. The number of carbonyl (C=O) groups is 2. The maximum Gasteiger partial charge on any atom is 0.254 e. The number of para-hydroxylation sites is 1. The second-order valence-corrected chi connectivity index (χ2v) is 7.31. The number of hydrogen-bond acceptors (Lipinski definition) is 3. The molecule has 156 valence electrons. The Hall–Kier alpha value is -4.00. The van der Waals surface area contributed by atoms with Crippen LogP contribution in [-0.4, -0.2) is 33.3 Å². The summed E-state index contributed by atoms with van der Waals surface area (Å²) < 4.78 is 15.7. The van der Waals surface area contributed by atoms with Crippen LogP contribution < -0.4 is 5.73 Å². The van der Waals surface area contributed by atoms with Gasteiger partial charge in [-0.2, -0.15) is 0 Å². The number of nitrogens with zero attached hydrogens (tertiary/aromatic N) is 3. The second kappa shape index (κ2) is 8.02. The topological polar surface area (TPSA) is 81.2 Å². The first-order valence-electron chi connectivity index (χ1n) is 9.73. The normalized spacial score (nSPS) is 12.0. The van der Waals surface area contributed by atoms with E-state index in [1.165, 1.54) is 30.1 Å². The molecule has 2 amide bonds. The number of imidazole rings is 1. The van der Waals surface area contributed by atoms with E-state index in [-0.39, 0.29) is 0 Å². The quantitative estimate of drug-likeness (QED) is 0.538. The minimum absolute atomic E-state index is 0.314. The van der Waals surface area contributed by atoms with Crippen LogP contribution in [0.15, 0.2) is 72.8 Å². The van der Waals surface area contributed by atoms with Gasteiger partial charge in [-0.3, -0.25) is 14.2 Å². The van der Waals surface area contributed by atoms with Crippen molar-refractivity contribution in [1.29, 1.82) is 0 Å². The van der Waals surface area contributed by atoms with Crippen LogP contribution in [0.2, 0.25) is 0 Å². The van der Waals surface area contributed by atoms with Gasteiger partial charge in [0.25, 0.3) is 5.91 Å². The highest BCUT2D eigenvalue weighted by Crippen LogP contribution is 2.25. The lowest BCUT2D eigenvalue weighted by Gasteiger charge is -2.26. The number of benzene rings is 3. The summed E-state index contributed by atoms with van der Waals surface area (Å²) >= 11 is 0. The minimum atomic E-state index is -1.09. The third-order valence-electron chi connectivity index (χ3n) is 5.23. The third kappa shape index (κ3) is 3.77. The van der Waals surface area contributed by atoms with E-state index in [2.05, 4.69) is 4.98 Å². The fourth-order valence-electron chi connectivity index (χ4n) is 3.81. The molecule has 6 nitrogen and oxygen atoms in total. The number of halogens is 1. The van der Waals surface area contributed by atoms with Crippen molar-refractivity contribution in [2.75, 3.05) is 7.05 Å². The molecule has 0 saturated heterocycles. The average Bonchev–Trinajstić information content (AvgIpc) is 3.08. The number of likely N-dealkylation sites (N-methyl/N-ethyl adjacent to an activating group) is 1. The Morgan fingerprint density at radius 1 is 1.03 bits per heavy atom. The Kier molecular flexibility index (Phi) is 5.25. The van der Waals surface area contributed by atoms with E-state index >= 15 is 0 Å². The molecule has 0 radical (unpaired) electrons. The molecule has 0 aliphatic rings. The van der Waals surface area contributed by atoms with Gasteiger partial charge in [0.1, 0.15) is 17.7 Å². The Bertz CT molecular complexity index is 1280. The van der Waals surface area contributed by atoms with Crippen molar-refractivity contribution in [3.05, 3.63) is 95.6 Å². The van der Waals surface area contributed by atoms with Crippen LogP contribution in [0, 0.1) is 12.7 Å². The zero-order valence-corrected chi connectivity index (χ0v) is 17.1. The molecule has 2 N–H and O–H groups in total. The van der Waals surface area contributed by atoms with Gasteiger partial charge in [0.05, 0.1) is 11.0 Å². The van der Waals surface area contributed by atoms with E-state index in [4.69, 9.17) is 5.73 Å². The van der Waals surface area contributed by atoms with Crippen molar-refractivity contribution in [3.8, 4) is 5.69 Å². The van der Waals surface area contributed by atoms with Crippen molar-refractivity contribution in [3.63, 3.8) is 0 Å². The van der Waals surface area contributed by atoms with Crippen molar-refractivity contribution < 1.29 is 14.0 Å². The van der Waals surface area contributed by atoms with Crippen LogP contribution in [-0.2, 0) is 4.79 Å². The first-order valence-corrected chi connectivity index (χ1v) is 9.73. The van der Waals surface area contributed by atoms with Gasteiger partial charge in [-0.05, 0) is 55.0 Å². The number of aromatic nitrogens is 2. The van der Waals surface area contributed by atoms with E-state index in [0.717, 1.165) is 17.0 Å². The number of nitrogens with two attached hydrogens (primary N) is 1. The second-order valence-electron chi connectivity index (χ2n) is 7.31. The van der Waals surface area contributed by atoms with E-state index in [9.17, 15) is 14.0 Å². The number of amides is 2. The summed E-state index contributed by atoms with van der Waals surface area (Å²) in [5, 5.41) is 0.